The van der Waals surface area contributed by atoms with Crippen LogP contribution in [0.25, 0.3) is 0 Å². The molecule has 0 heterocycles. The lowest BCUT2D eigenvalue weighted by Gasteiger charge is -2.29. The second-order valence-electron chi connectivity index (χ2n) is 3.82. The molecule has 0 N–H and O–H groups in total. The molecule has 0 spiro atoms. The van der Waals surface area contributed by atoms with Gasteiger partial charge in [-0.15, -0.1) is 0 Å². The molecular weight excluding hydrogens is 174 g/mol. The fourth-order valence-electron chi connectivity index (χ4n) is 1.76. The van der Waals surface area contributed by atoms with E-state index in [1.807, 2.05) is 20.8 Å². The van der Waals surface area contributed by atoms with E-state index in [1.54, 1.807) is 12.1 Å². The Balaban J connectivity index is 3.22. The maximum absolute atomic E-state index is 13.1. The van der Waals surface area contributed by atoms with Crippen LogP contribution in [0.1, 0.15) is 37.8 Å². The molecule has 1 rings (SSSR count). The zero-order valence-corrected chi connectivity index (χ0v) is 9.10. The SMILES string of the molecule is [B]C(CC)(CC)c1cc(F)ccc1C. The molecule has 0 nitrogen and oxygen atoms in total. The van der Waals surface area contributed by atoms with Crippen molar-refractivity contribution in [3.63, 3.8) is 0 Å². The monoisotopic (exact) mass is 190 g/mol. The quantitative estimate of drug-likeness (QED) is 0.641. The Morgan fingerprint density at radius 1 is 1.29 bits per heavy atom. The largest absolute Gasteiger partial charge is 0.207 e. The average molecular weight is 190 g/mol. The Labute approximate surface area is 86.9 Å². The lowest BCUT2D eigenvalue weighted by atomic mass is 9.60. The molecule has 14 heavy (non-hydrogen) atoms. The summed E-state index contributed by atoms with van der Waals surface area (Å²) in [6.45, 7) is 6.05. The summed E-state index contributed by atoms with van der Waals surface area (Å²) < 4.78 is 13.1. The highest BCUT2D eigenvalue weighted by Gasteiger charge is 2.23. The van der Waals surface area contributed by atoms with Crippen molar-refractivity contribution in [1.82, 2.24) is 0 Å². The molecule has 1 aromatic carbocycles. The maximum atomic E-state index is 13.1. The lowest BCUT2D eigenvalue weighted by Crippen LogP contribution is -2.25. The van der Waals surface area contributed by atoms with Crippen LogP contribution in [-0.4, -0.2) is 7.85 Å². The second kappa shape index (κ2) is 4.16. The van der Waals surface area contributed by atoms with Crippen LogP contribution in [0.4, 0.5) is 4.39 Å². The summed E-state index contributed by atoms with van der Waals surface area (Å²) in [6, 6.07) is 4.82. The fourth-order valence-corrected chi connectivity index (χ4v) is 1.76. The van der Waals surface area contributed by atoms with Crippen LogP contribution in [0.3, 0.4) is 0 Å². The zero-order chi connectivity index (χ0) is 10.8. The smallest absolute Gasteiger partial charge is 0.123 e. The predicted molar refractivity (Wildman–Crippen MR) is 59.2 cm³/mol. The van der Waals surface area contributed by atoms with Crippen molar-refractivity contribution in [2.75, 3.05) is 0 Å². The van der Waals surface area contributed by atoms with E-state index in [4.69, 9.17) is 7.85 Å². The van der Waals surface area contributed by atoms with Gasteiger partial charge in [0, 0.05) is 0 Å². The Morgan fingerprint density at radius 3 is 2.36 bits per heavy atom. The molecule has 1 aromatic rings. The molecule has 0 fully saturated rings. The molecule has 0 saturated heterocycles. The number of halogens is 1. The first kappa shape index (κ1) is 11.3. The highest BCUT2D eigenvalue weighted by Crippen LogP contribution is 2.30. The van der Waals surface area contributed by atoms with Crippen LogP contribution in [0.5, 0.6) is 0 Å². The van der Waals surface area contributed by atoms with Gasteiger partial charge in [-0.3, -0.25) is 0 Å². The Bertz CT molecular complexity index is 316. The maximum Gasteiger partial charge on any atom is 0.123 e. The van der Waals surface area contributed by atoms with Gasteiger partial charge >= 0.3 is 0 Å². The predicted octanol–water partition coefficient (Wildman–Crippen LogP) is 3.32. The van der Waals surface area contributed by atoms with E-state index in [9.17, 15) is 4.39 Å². The molecule has 0 saturated carbocycles. The Hall–Kier alpha value is -0.785. The summed E-state index contributed by atoms with van der Waals surface area (Å²) in [6.07, 6.45) is 1.65. The van der Waals surface area contributed by atoms with Crippen molar-refractivity contribution in [2.45, 2.75) is 38.9 Å². The topological polar surface area (TPSA) is 0 Å². The molecule has 74 valence electrons. The van der Waals surface area contributed by atoms with Gasteiger partial charge in [0.2, 0.25) is 0 Å². The first-order valence-corrected chi connectivity index (χ1v) is 5.09. The van der Waals surface area contributed by atoms with Gasteiger partial charge in [-0.2, -0.15) is 0 Å². The van der Waals surface area contributed by atoms with Crippen LogP contribution in [0, 0.1) is 12.7 Å². The average Bonchev–Trinajstić information content (AvgIpc) is 2.20. The molecule has 0 aromatic heterocycles. The summed E-state index contributed by atoms with van der Waals surface area (Å²) in [5.41, 5.74) is 2.00. The van der Waals surface area contributed by atoms with E-state index >= 15 is 0 Å². The normalized spacial score (nSPS) is 11.7. The molecule has 0 bridgehead atoms. The van der Waals surface area contributed by atoms with Crippen molar-refractivity contribution in [2.24, 2.45) is 0 Å². The van der Waals surface area contributed by atoms with E-state index in [1.165, 1.54) is 6.07 Å². The molecule has 2 heteroatoms. The summed E-state index contributed by atoms with van der Waals surface area (Å²) in [4.78, 5) is 0. The lowest BCUT2D eigenvalue weighted by molar-refractivity contribution is 0.551. The van der Waals surface area contributed by atoms with Gasteiger partial charge in [0.05, 0.1) is 7.85 Å². The molecule has 0 amide bonds. The summed E-state index contributed by atoms with van der Waals surface area (Å²) in [5.74, 6) is -0.206. The summed E-state index contributed by atoms with van der Waals surface area (Å²) >= 11 is 0. The second-order valence-corrected chi connectivity index (χ2v) is 3.82. The van der Waals surface area contributed by atoms with Gasteiger partial charge < -0.3 is 0 Å². The van der Waals surface area contributed by atoms with Crippen molar-refractivity contribution in [3.8, 4) is 0 Å². The first-order valence-electron chi connectivity index (χ1n) is 5.09. The van der Waals surface area contributed by atoms with E-state index in [2.05, 4.69) is 0 Å². The van der Waals surface area contributed by atoms with E-state index < -0.39 is 0 Å². The fraction of sp³-hybridized carbons (Fsp3) is 0.500. The van der Waals surface area contributed by atoms with Gasteiger partial charge in [0.25, 0.3) is 0 Å². The minimum absolute atomic E-state index is 0.206. The van der Waals surface area contributed by atoms with E-state index in [0.29, 0.717) is 0 Å². The van der Waals surface area contributed by atoms with Crippen LogP contribution in [-0.2, 0) is 5.31 Å². The number of rotatable bonds is 3. The van der Waals surface area contributed by atoms with Crippen molar-refractivity contribution < 1.29 is 4.39 Å². The van der Waals surface area contributed by atoms with Gasteiger partial charge in [0.15, 0.2) is 0 Å². The summed E-state index contributed by atoms with van der Waals surface area (Å²) in [5, 5.41) is -0.383. The van der Waals surface area contributed by atoms with Gasteiger partial charge in [-0.05, 0) is 35.5 Å². The zero-order valence-electron chi connectivity index (χ0n) is 9.10. The third-order valence-corrected chi connectivity index (χ3v) is 3.00. The van der Waals surface area contributed by atoms with E-state index in [-0.39, 0.29) is 11.1 Å². The first-order chi connectivity index (χ1) is 6.53. The van der Waals surface area contributed by atoms with Crippen molar-refractivity contribution in [3.05, 3.63) is 35.1 Å². The highest BCUT2D eigenvalue weighted by atomic mass is 19.1. The number of benzene rings is 1. The molecule has 0 aliphatic carbocycles. The van der Waals surface area contributed by atoms with Crippen LogP contribution >= 0.6 is 0 Å². The van der Waals surface area contributed by atoms with Gasteiger partial charge in [-0.1, -0.05) is 32.8 Å². The Morgan fingerprint density at radius 2 is 1.86 bits per heavy atom. The molecular formula is C12H16BF. The molecule has 0 aliphatic rings. The van der Waals surface area contributed by atoms with Crippen molar-refractivity contribution in [1.29, 1.82) is 0 Å². The van der Waals surface area contributed by atoms with Gasteiger partial charge in [-0.25, -0.2) is 4.39 Å². The number of hydrogen-bond donors (Lipinski definition) is 0. The molecule has 2 radical (unpaired) electrons. The molecule has 0 atom stereocenters. The molecule has 0 unspecified atom stereocenters. The van der Waals surface area contributed by atoms with Crippen LogP contribution in [0.2, 0.25) is 0 Å². The number of aryl methyl sites for hydroxylation is 1. The van der Waals surface area contributed by atoms with Crippen molar-refractivity contribution >= 4 is 7.85 Å². The van der Waals surface area contributed by atoms with Crippen LogP contribution in [0.15, 0.2) is 18.2 Å². The highest BCUT2D eigenvalue weighted by molar-refractivity contribution is 6.16. The summed E-state index contributed by atoms with van der Waals surface area (Å²) in [7, 11) is 6.22. The minimum Gasteiger partial charge on any atom is -0.207 e. The van der Waals surface area contributed by atoms with E-state index in [0.717, 1.165) is 24.0 Å². The Kier molecular flexibility index (Phi) is 3.36. The van der Waals surface area contributed by atoms with Gasteiger partial charge in [0.1, 0.15) is 5.82 Å². The third kappa shape index (κ3) is 2.00. The van der Waals surface area contributed by atoms with Crippen LogP contribution < -0.4 is 0 Å². The minimum atomic E-state index is -0.383. The standard InChI is InChI=1S/C12H16BF/c1-4-12(13,5-2)11-8-10(14)7-6-9(11)3/h6-8H,4-5H2,1-3H3. The third-order valence-electron chi connectivity index (χ3n) is 3.00. The molecule has 0 aliphatic heterocycles. The number of hydrogen-bond acceptors (Lipinski definition) is 0.